The van der Waals surface area contributed by atoms with Gasteiger partial charge in [0.2, 0.25) is 0 Å². The zero-order valence-corrected chi connectivity index (χ0v) is 12.8. The number of amides is 1. The summed E-state index contributed by atoms with van der Waals surface area (Å²) in [5.41, 5.74) is 2.57. The van der Waals surface area contributed by atoms with Crippen LogP contribution < -0.4 is 10.6 Å². The highest BCUT2D eigenvalue weighted by Gasteiger charge is 2.10. The molecule has 0 saturated heterocycles. The molecule has 0 unspecified atom stereocenters. The summed E-state index contributed by atoms with van der Waals surface area (Å²) in [7, 11) is 1.60. The highest BCUT2D eigenvalue weighted by molar-refractivity contribution is 5.91. The van der Waals surface area contributed by atoms with Crippen molar-refractivity contribution in [2.24, 2.45) is 5.92 Å². The molecule has 0 atom stereocenters. The molecule has 0 aliphatic heterocycles. The van der Waals surface area contributed by atoms with Gasteiger partial charge in [-0.15, -0.1) is 0 Å². The molecule has 0 aliphatic rings. The molecule has 1 aromatic carbocycles. The van der Waals surface area contributed by atoms with Gasteiger partial charge in [0.1, 0.15) is 0 Å². The quantitative estimate of drug-likeness (QED) is 0.853. The molecular weight excluding hydrogens is 264 g/mol. The average molecular weight is 286 g/mol. The second-order valence-electron chi connectivity index (χ2n) is 5.38. The van der Waals surface area contributed by atoms with Gasteiger partial charge in [0.05, 0.1) is 5.69 Å². The molecule has 5 heteroatoms. The largest absolute Gasteiger partial charge is 0.354 e. The molecular formula is C16H22N4O. The van der Waals surface area contributed by atoms with Crippen molar-refractivity contribution in [3.8, 4) is 5.69 Å². The Labute approximate surface area is 125 Å². The lowest BCUT2D eigenvalue weighted by Crippen LogP contribution is -2.20. The van der Waals surface area contributed by atoms with Crippen molar-refractivity contribution < 1.29 is 4.79 Å². The molecule has 112 valence electrons. The molecule has 0 bridgehead atoms. The van der Waals surface area contributed by atoms with Crippen LogP contribution in [-0.4, -0.2) is 29.3 Å². The second-order valence-corrected chi connectivity index (χ2v) is 5.38. The predicted molar refractivity (Wildman–Crippen MR) is 83.5 cm³/mol. The van der Waals surface area contributed by atoms with Crippen molar-refractivity contribution in [3.05, 3.63) is 47.8 Å². The molecule has 0 radical (unpaired) electrons. The molecule has 2 N–H and O–H groups in total. The summed E-state index contributed by atoms with van der Waals surface area (Å²) in [5.74, 6) is 0.436. The summed E-state index contributed by atoms with van der Waals surface area (Å²) in [4.78, 5) is 11.6. The van der Waals surface area contributed by atoms with E-state index in [-0.39, 0.29) is 5.91 Å². The van der Waals surface area contributed by atoms with Crippen LogP contribution in [-0.2, 0) is 6.54 Å². The third kappa shape index (κ3) is 3.92. The average Bonchev–Trinajstić information content (AvgIpc) is 2.96. The Morgan fingerprint density at radius 2 is 2.05 bits per heavy atom. The number of carbonyl (C=O) groups excluding carboxylic acids is 1. The first-order valence-corrected chi connectivity index (χ1v) is 7.18. The molecule has 0 spiro atoms. The standard InChI is InChI=1S/C16H22N4O/c1-12(2)10-18-11-13-6-4-5-7-15(13)20-9-8-14(19-20)16(21)17-3/h4-9,12,18H,10-11H2,1-3H3,(H,17,21). The van der Waals surface area contributed by atoms with Gasteiger partial charge in [-0.3, -0.25) is 4.79 Å². The van der Waals surface area contributed by atoms with Crippen molar-refractivity contribution >= 4 is 5.91 Å². The fourth-order valence-electron chi connectivity index (χ4n) is 2.09. The third-order valence-electron chi connectivity index (χ3n) is 3.16. The van der Waals surface area contributed by atoms with Crippen LogP contribution in [0.15, 0.2) is 36.5 Å². The molecule has 21 heavy (non-hydrogen) atoms. The summed E-state index contributed by atoms with van der Waals surface area (Å²) in [6.45, 7) is 6.12. The minimum Gasteiger partial charge on any atom is -0.354 e. The molecule has 1 heterocycles. The first-order valence-electron chi connectivity index (χ1n) is 7.18. The van der Waals surface area contributed by atoms with E-state index in [0.717, 1.165) is 24.3 Å². The summed E-state index contributed by atoms with van der Waals surface area (Å²) >= 11 is 0. The van der Waals surface area contributed by atoms with Crippen molar-refractivity contribution in [1.29, 1.82) is 0 Å². The molecule has 2 aromatic rings. The van der Waals surface area contributed by atoms with Crippen LogP contribution >= 0.6 is 0 Å². The highest BCUT2D eigenvalue weighted by atomic mass is 16.1. The molecule has 0 saturated carbocycles. The summed E-state index contributed by atoms with van der Waals surface area (Å²) in [5, 5.41) is 10.3. The van der Waals surface area contributed by atoms with Crippen LogP contribution in [0.5, 0.6) is 0 Å². The Hall–Kier alpha value is -2.14. The zero-order chi connectivity index (χ0) is 15.2. The lowest BCUT2D eigenvalue weighted by atomic mass is 10.1. The van der Waals surface area contributed by atoms with E-state index in [1.165, 1.54) is 0 Å². The van der Waals surface area contributed by atoms with Gasteiger partial charge in [-0.1, -0.05) is 32.0 Å². The summed E-state index contributed by atoms with van der Waals surface area (Å²) < 4.78 is 1.75. The number of hydrogen-bond acceptors (Lipinski definition) is 3. The summed E-state index contributed by atoms with van der Waals surface area (Å²) in [6, 6.07) is 9.79. The smallest absolute Gasteiger partial charge is 0.271 e. The van der Waals surface area contributed by atoms with E-state index < -0.39 is 0 Å². The van der Waals surface area contributed by atoms with Crippen molar-refractivity contribution in [2.75, 3.05) is 13.6 Å². The van der Waals surface area contributed by atoms with Crippen molar-refractivity contribution in [1.82, 2.24) is 20.4 Å². The fourth-order valence-corrected chi connectivity index (χ4v) is 2.09. The maximum absolute atomic E-state index is 11.6. The maximum atomic E-state index is 11.6. The van der Waals surface area contributed by atoms with Crippen molar-refractivity contribution in [3.63, 3.8) is 0 Å². The van der Waals surface area contributed by atoms with Gasteiger partial charge < -0.3 is 10.6 Å². The predicted octanol–water partition coefficient (Wildman–Crippen LogP) is 1.98. The Kier molecular flexibility index (Phi) is 5.11. The number of carbonyl (C=O) groups is 1. The third-order valence-corrected chi connectivity index (χ3v) is 3.16. The SMILES string of the molecule is CNC(=O)c1ccn(-c2ccccc2CNCC(C)C)n1. The van der Waals surface area contributed by atoms with Crippen LogP contribution in [0.3, 0.4) is 0 Å². The first kappa shape index (κ1) is 15.3. The maximum Gasteiger partial charge on any atom is 0.271 e. The van der Waals surface area contributed by atoms with Gasteiger partial charge in [-0.25, -0.2) is 4.68 Å². The van der Waals surface area contributed by atoms with Gasteiger partial charge in [0.25, 0.3) is 5.91 Å². The topological polar surface area (TPSA) is 59.0 Å². The van der Waals surface area contributed by atoms with E-state index in [9.17, 15) is 4.79 Å². The lowest BCUT2D eigenvalue weighted by Gasteiger charge is -2.11. The first-order chi connectivity index (χ1) is 10.1. The van der Waals surface area contributed by atoms with Gasteiger partial charge >= 0.3 is 0 Å². The van der Waals surface area contributed by atoms with Crippen LogP contribution in [0.25, 0.3) is 5.69 Å². The number of rotatable bonds is 6. The van der Waals surface area contributed by atoms with E-state index in [1.807, 2.05) is 24.4 Å². The number of hydrogen-bond donors (Lipinski definition) is 2. The monoisotopic (exact) mass is 286 g/mol. The van der Waals surface area contributed by atoms with Crippen LogP contribution in [0.1, 0.15) is 29.9 Å². The Bertz CT molecular complexity index is 604. The Balaban J connectivity index is 2.19. The van der Waals surface area contributed by atoms with E-state index >= 15 is 0 Å². The summed E-state index contributed by atoms with van der Waals surface area (Å²) in [6.07, 6.45) is 1.81. The van der Waals surface area contributed by atoms with E-state index in [2.05, 4.69) is 35.6 Å². The lowest BCUT2D eigenvalue weighted by molar-refractivity contribution is 0.0957. The van der Waals surface area contributed by atoms with Crippen molar-refractivity contribution in [2.45, 2.75) is 20.4 Å². The van der Waals surface area contributed by atoms with Gasteiger partial charge in [0.15, 0.2) is 5.69 Å². The molecule has 1 amide bonds. The van der Waals surface area contributed by atoms with Crippen LogP contribution in [0.2, 0.25) is 0 Å². The second kappa shape index (κ2) is 7.04. The minimum absolute atomic E-state index is 0.177. The number of nitrogens with zero attached hydrogens (tertiary/aromatic N) is 2. The zero-order valence-electron chi connectivity index (χ0n) is 12.8. The van der Waals surface area contributed by atoms with E-state index in [1.54, 1.807) is 17.8 Å². The Morgan fingerprint density at radius 1 is 1.29 bits per heavy atom. The molecule has 0 fully saturated rings. The van der Waals surface area contributed by atoms with Gasteiger partial charge in [-0.2, -0.15) is 5.10 Å². The molecule has 2 rings (SSSR count). The minimum atomic E-state index is -0.177. The molecule has 1 aromatic heterocycles. The van der Waals surface area contributed by atoms with E-state index in [0.29, 0.717) is 11.6 Å². The highest BCUT2D eigenvalue weighted by Crippen LogP contribution is 2.14. The Morgan fingerprint density at radius 3 is 2.76 bits per heavy atom. The number of nitrogens with one attached hydrogen (secondary N) is 2. The number of para-hydroxylation sites is 1. The number of aromatic nitrogens is 2. The normalized spacial score (nSPS) is 10.9. The molecule has 5 nitrogen and oxygen atoms in total. The number of benzene rings is 1. The molecule has 0 aliphatic carbocycles. The van der Waals surface area contributed by atoms with Gasteiger partial charge in [0, 0.05) is 19.8 Å². The van der Waals surface area contributed by atoms with E-state index in [4.69, 9.17) is 0 Å². The fraction of sp³-hybridized carbons (Fsp3) is 0.375. The van der Waals surface area contributed by atoms with Crippen LogP contribution in [0.4, 0.5) is 0 Å². The van der Waals surface area contributed by atoms with Crippen LogP contribution in [0, 0.1) is 5.92 Å². The van der Waals surface area contributed by atoms with Gasteiger partial charge in [-0.05, 0) is 30.2 Å².